The van der Waals surface area contributed by atoms with Crippen LogP contribution in [0, 0.1) is 5.82 Å². The molecule has 2 rings (SSSR count). The highest BCUT2D eigenvalue weighted by molar-refractivity contribution is 14.0. The fourth-order valence-corrected chi connectivity index (χ4v) is 2.57. The van der Waals surface area contributed by atoms with Crippen LogP contribution in [0.1, 0.15) is 18.1 Å². The summed E-state index contributed by atoms with van der Waals surface area (Å²) < 4.78 is 24.0. The monoisotopic (exact) mass is 503 g/mol. The number of aromatic hydroxyl groups is 1. The van der Waals surface area contributed by atoms with Crippen molar-refractivity contribution in [3.63, 3.8) is 0 Å². The standard InChI is InChI=1S/C20H26FN3O3.HI/c1-4-22-20(23-10-9-15-7-5-6-8-16(15)21)24-13-14-11-17(26-2)19(25)18(12-14)27-3;/h5-8,11-12,25H,4,9-10,13H2,1-3H3,(H2,22,23,24);1H. The minimum absolute atomic E-state index is 0. The second kappa shape index (κ2) is 12.3. The van der Waals surface area contributed by atoms with E-state index >= 15 is 0 Å². The Kier molecular flexibility index (Phi) is 10.4. The Labute approximate surface area is 182 Å². The highest BCUT2D eigenvalue weighted by Gasteiger charge is 2.11. The van der Waals surface area contributed by atoms with Crippen molar-refractivity contribution < 1.29 is 19.0 Å². The van der Waals surface area contributed by atoms with Crippen LogP contribution in [0.3, 0.4) is 0 Å². The SMILES string of the molecule is CCNC(=NCc1cc(OC)c(O)c(OC)c1)NCCc1ccccc1F.I. The van der Waals surface area contributed by atoms with Gasteiger partial charge in [0.05, 0.1) is 20.8 Å². The first-order chi connectivity index (χ1) is 13.1. The Hall–Kier alpha value is -2.23. The minimum atomic E-state index is -0.204. The molecule has 154 valence electrons. The molecule has 0 amide bonds. The number of nitrogens with zero attached hydrogens (tertiary/aromatic N) is 1. The summed E-state index contributed by atoms with van der Waals surface area (Å²) in [5, 5.41) is 16.3. The largest absolute Gasteiger partial charge is 0.502 e. The molecule has 6 nitrogen and oxygen atoms in total. The Morgan fingerprint density at radius 2 is 1.75 bits per heavy atom. The summed E-state index contributed by atoms with van der Waals surface area (Å²) in [7, 11) is 2.96. The van der Waals surface area contributed by atoms with Gasteiger partial charge in [0.1, 0.15) is 5.82 Å². The van der Waals surface area contributed by atoms with Crippen LogP contribution in [-0.4, -0.2) is 38.4 Å². The molecule has 0 aliphatic heterocycles. The van der Waals surface area contributed by atoms with E-state index in [9.17, 15) is 9.50 Å². The van der Waals surface area contributed by atoms with Crippen LogP contribution in [0.15, 0.2) is 41.4 Å². The van der Waals surface area contributed by atoms with E-state index in [1.54, 1.807) is 24.3 Å². The summed E-state index contributed by atoms with van der Waals surface area (Å²) in [5.41, 5.74) is 1.49. The number of ether oxygens (including phenoxy) is 2. The summed E-state index contributed by atoms with van der Waals surface area (Å²) >= 11 is 0. The van der Waals surface area contributed by atoms with E-state index in [2.05, 4.69) is 15.6 Å². The number of hydrogen-bond donors (Lipinski definition) is 3. The highest BCUT2D eigenvalue weighted by Crippen LogP contribution is 2.37. The zero-order chi connectivity index (χ0) is 19.6. The summed E-state index contributed by atoms with van der Waals surface area (Å²) in [4.78, 5) is 4.53. The second-order valence-corrected chi connectivity index (χ2v) is 5.81. The van der Waals surface area contributed by atoms with Gasteiger partial charge in [-0.05, 0) is 42.7 Å². The van der Waals surface area contributed by atoms with Crippen molar-refractivity contribution in [2.45, 2.75) is 19.9 Å². The number of halogens is 2. The maximum atomic E-state index is 13.7. The van der Waals surface area contributed by atoms with E-state index in [4.69, 9.17) is 9.47 Å². The highest BCUT2D eigenvalue weighted by atomic mass is 127. The molecular formula is C20H27FIN3O3. The van der Waals surface area contributed by atoms with Crippen molar-refractivity contribution in [3.8, 4) is 17.2 Å². The average Bonchev–Trinajstić information content (AvgIpc) is 2.68. The molecule has 0 bridgehead atoms. The van der Waals surface area contributed by atoms with E-state index < -0.39 is 0 Å². The molecule has 2 aromatic rings. The molecule has 2 aromatic carbocycles. The van der Waals surface area contributed by atoms with Crippen LogP contribution in [0.5, 0.6) is 17.2 Å². The van der Waals surface area contributed by atoms with E-state index in [0.29, 0.717) is 49.1 Å². The van der Waals surface area contributed by atoms with Crippen LogP contribution in [-0.2, 0) is 13.0 Å². The molecule has 8 heteroatoms. The van der Waals surface area contributed by atoms with E-state index in [-0.39, 0.29) is 35.5 Å². The molecule has 0 saturated carbocycles. The minimum Gasteiger partial charge on any atom is -0.502 e. The lowest BCUT2D eigenvalue weighted by atomic mass is 10.1. The Morgan fingerprint density at radius 1 is 1.11 bits per heavy atom. The number of guanidine groups is 1. The van der Waals surface area contributed by atoms with Gasteiger partial charge < -0.3 is 25.2 Å². The number of phenols is 1. The van der Waals surface area contributed by atoms with Gasteiger partial charge in [0.25, 0.3) is 0 Å². The van der Waals surface area contributed by atoms with Crippen molar-refractivity contribution in [2.24, 2.45) is 4.99 Å². The molecule has 0 heterocycles. The van der Waals surface area contributed by atoms with Crippen LogP contribution in [0.4, 0.5) is 4.39 Å². The van der Waals surface area contributed by atoms with Crippen molar-refractivity contribution in [2.75, 3.05) is 27.3 Å². The molecular weight excluding hydrogens is 476 g/mol. The van der Waals surface area contributed by atoms with E-state index in [0.717, 1.165) is 5.56 Å². The average molecular weight is 503 g/mol. The maximum absolute atomic E-state index is 13.7. The number of nitrogens with one attached hydrogen (secondary N) is 2. The van der Waals surface area contributed by atoms with Crippen molar-refractivity contribution in [1.29, 1.82) is 0 Å². The molecule has 0 radical (unpaired) electrons. The summed E-state index contributed by atoms with van der Waals surface area (Å²) in [6.45, 7) is 3.59. The molecule has 0 aliphatic carbocycles. The molecule has 3 N–H and O–H groups in total. The molecule has 0 fully saturated rings. The summed E-state index contributed by atoms with van der Waals surface area (Å²) in [6.07, 6.45) is 0.554. The Bertz CT molecular complexity index is 762. The summed E-state index contributed by atoms with van der Waals surface area (Å²) in [6, 6.07) is 10.2. The van der Waals surface area contributed by atoms with Gasteiger partial charge in [0.2, 0.25) is 5.75 Å². The number of hydrogen-bond acceptors (Lipinski definition) is 4. The number of rotatable bonds is 8. The van der Waals surface area contributed by atoms with Crippen molar-refractivity contribution >= 4 is 29.9 Å². The third-order valence-electron chi connectivity index (χ3n) is 3.95. The van der Waals surface area contributed by atoms with Gasteiger partial charge >= 0.3 is 0 Å². The summed E-state index contributed by atoms with van der Waals surface area (Å²) in [5.74, 6) is 1.04. The quantitative estimate of drug-likeness (QED) is 0.293. The number of methoxy groups -OCH3 is 2. The predicted molar refractivity (Wildman–Crippen MR) is 120 cm³/mol. The molecule has 0 saturated heterocycles. The van der Waals surface area contributed by atoms with Gasteiger partial charge in [-0.1, -0.05) is 18.2 Å². The van der Waals surface area contributed by atoms with E-state index in [1.807, 2.05) is 13.0 Å². The second-order valence-electron chi connectivity index (χ2n) is 5.81. The molecule has 0 spiro atoms. The Balaban J connectivity index is 0.00000392. The van der Waals surface area contributed by atoms with Crippen LogP contribution in [0.25, 0.3) is 0 Å². The number of aliphatic imine (C=N–C) groups is 1. The smallest absolute Gasteiger partial charge is 0.200 e. The first kappa shape index (κ1) is 23.8. The lowest BCUT2D eigenvalue weighted by molar-refractivity contribution is 0.339. The molecule has 0 atom stereocenters. The van der Waals surface area contributed by atoms with Crippen LogP contribution >= 0.6 is 24.0 Å². The van der Waals surface area contributed by atoms with Gasteiger partial charge in [0.15, 0.2) is 17.5 Å². The molecule has 28 heavy (non-hydrogen) atoms. The lowest BCUT2D eigenvalue weighted by Crippen LogP contribution is -2.38. The third kappa shape index (κ3) is 6.74. The third-order valence-corrected chi connectivity index (χ3v) is 3.95. The van der Waals surface area contributed by atoms with Crippen molar-refractivity contribution in [3.05, 3.63) is 53.3 Å². The number of benzene rings is 2. The lowest BCUT2D eigenvalue weighted by Gasteiger charge is -2.13. The first-order valence-corrected chi connectivity index (χ1v) is 8.78. The van der Waals surface area contributed by atoms with Crippen LogP contribution < -0.4 is 20.1 Å². The predicted octanol–water partition coefficient (Wildman–Crippen LogP) is 3.46. The fourth-order valence-electron chi connectivity index (χ4n) is 2.57. The maximum Gasteiger partial charge on any atom is 0.200 e. The van der Waals surface area contributed by atoms with Gasteiger partial charge in [-0.2, -0.15) is 0 Å². The van der Waals surface area contributed by atoms with Gasteiger partial charge in [0, 0.05) is 13.1 Å². The fraction of sp³-hybridized carbons (Fsp3) is 0.350. The normalized spacial score (nSPS) is 10.8. The van der Waals surface area contributed by atoms with Crippen molar-refractivity contribution in [1.82, 2.24) is 10.6 Å². The van der Waals surface area contributed by atoms with Crippen LogP contribution in [0.2, 0.25) is 0 Å². The van der Waals surface area contributed by atoms with E-state index in [1.165, 1.54) is 20.3 Å². The zero-order valence-electron chi connectivity index (χ0n) is 16.3. The van der Waals surface area contributed by atoms with Gasteiger partial charge in [-0.15, -0.1) is 24.0 Å². The molecule has 0 aromatic heterocycles. The molecule has 0 unspecified atom stereocenters. The topological polar surface area (TPSA) is 75.1 Å². The first-order valence-electron chi connectivity index (χ1n) is 8.78. The number of phenolic OH excluding ortho intramolecular Hbond substituents is 1. The van der Waals surface area contributed by atoms with Gasteiger partial charge in [-0.25, -0.2) is 9.38 Å². The van der Waals surface area contributed by atoms with Gasteiger partial charge in [-0.3, -0.25) is 0 Å². The zero-order valence-corrected chi connectivity index (χ0v) is 18.6. The molecule has 0 aliphatic rings. The Morgan fingerprint density at radius 3 is 2.32 bits per heavy atom.